The van der Waals surface area contributed by atoms with Crippen molar-refractivity contribution in [2.45, 2.75) is 37.9 Å². The third kappa shape index (κ3) is 6.55. The van der Waals surface area contributed by atoms with E-state index in [4.69, 9.17) is 14.9 Å². The number of hydrogen-bond acceptors (Lipinski definition) is 6. The molecule has 0 spiro atoms. The summed E-state index contributed by atoms with van der Waals surface area (Å²) in [5.41, 5.74) is 6.34. The van der Waals surface area contributed by atoms with Crippen molar-refractivity contribution in [3.05, 3.63) is 78.1 Å². The number of piperidine rings is 1. The Kier molecular flexibility index (Phi) is 8.73. The first-order valence-electron chi connectivity index (χ1n) is 13.9. The van der Waals surface area contributed by atoms with Crippen LogP contribution in [0, 0.1) is 17.2 Å². The van der Waals surface area contributed by atoms with Crippen molar-refractivity contribution in [2.24, 2.45) is 5.92 Å². The fourth-order valence-electron chi connectivity index (χ4n) is 5.74. The SMILES string of the molecule is N#Cc1cncc(-c2nc3c(N4CCC(Cc5ccccc5)CC4)cccc3n2C2CCNC2)c1.O=C(O)C(F)(F)F. The molecule has 4 aromatic rings. The molecule has 1 unspecified atom stereocenters. The summed E-state index contributed by atoms with van der Waals surface area (Å²) in [7, 11) is 0. The summed E-state index contributed by atoms with van der Waals surface area (Å²) in [6, 6.07) is 21.9. The lowest BCUT2D eigenvalue weighted by atomic mass is 9.90. The summed E-state index contributed by atoms with van der Waals surface area (Å²) >= 11 is 0. The van der Waals surface area contributed by atoms with Crippen LogP contribution in [0.3, 0.4) is 0 Å². The number of carbonyl (C=O) groups is 1. The first-order chi connectivity index (χ1) is 20.2. The molecule has 2 aromatic carbocycles. The van der Waals surface area contributed by atoms with Gasteiger partial charge in [-0.3, -0.25) is 4.98 Å². The number of aliphatic carboxylic acids is 1. The maximum Gasteiger partial charge on any atom is 0.490 e. The van der Waals surface area contributed by atoms with Gasteiger partial charge in [-0.05, 0) is 61.9 Å². The van der Waals surface area contributed by atoms with E-state index >= 15 is 0 Å². The zero-order valence-corrected chi connectivity index (χ0v) is 22.9. The predicted octanol–water partition coefficient (Wildman–Crippen LogP) is 5.60. The number of hydrogen-bond donors (Lipinski definition) is 2. The molecule has 6 rings (SSSR count). The number of para-hydroxylation sites is 1. The van der Waals surface area contributed by atoms with Crippen molar-refractivity contribution in [3.63, 3.8) is 0 Å². The highest BCUT2D eigenvalue weighted by Gasteiger charge is 2.38. The highest BCUT2D eigenvalue weighted by Crippen LogP contribution is 2.36. The van der Waals surface area contributed by atoms with Gasteiger partial charge in [-0.2, -0.15) is 18.4 Å². The van der Waals surface area contributed by atoms with Crippen LogP contribution in [0.1, 0.15) is 36.4 Å². The lowest BCUT2D eigenvalue weighted by molar-refractivity contribution is -0.192. The van der Waals surface area contributed by atoms with Gasteiger partial charge in [0.05, 0.1) is 16.8 Å². The zero-order chi connectivity index (χ0) is 29.7. The number of carboxylic acid groups (broad SMARTS) is 1. The van der Waals surface area contributed by atoms with Crippen LogP contribution in [0.4, 0.5) is 18.9 Å². The maximum absolute atomic E-state index is 10.6. The molecule has 0 aliphatic carbocycles. The molecule has 0 radical (unpaired) electrons. The number of pyridine rings is 1. The minimum absolute atomic E-state index is 0.340. The molecule has 42 heavy (non-hydrogen) atoms. The Balaban J connectivity index is 0.000000451. The Labute approximate surface area is 241 Å². The van der Waals surface area contributed by atoms with Crippen LogP contribution < -0.4 is 10.2 Å². The lowest BCUT2D eigenvalue weighted by Gasteiger charge is -2.34. The summed E-state index contributed by atoms with van der Waals surface area (Å²) in [4.78, 5) is 20.9. The van der Waals surface area contributed by atoms with E-state index in [2.05, 4.69) is 74.4 Å². The van der Waals surface area contributed by atoms with Crippen LogP contribution in [0.25, 0.3) is 22.4 Å². The smallest absolute Gasteiger partial charge is 0.475 e. The molecule has 2 saturated heterocycles. The molecule has 0 saturated carbocycles. The molecule has 0 amide bonds. The molecule has 8 nitrogen and oxygen atoms in total. The van der Waals surface area contributed by atoms with Gasteiger partial charge in [0.15, 0.2) is 0 Å². The third-order valence-corrected chi connectivity index (χ3v) is 7.79. The number of imidazole rings is 1. The second kappa shape index (κ2) is 12.6. The number of rotatable bonds is 5. The van der Waals surface area contributed by atoms with Gasteiger partial charge in [-0.1, -0.05) is 36.4 Å². The summed E-state index contributed by atoms with van der Waals surface area (Å²) < 4.78 is 34.1. The van der Waals surface area contributed by atoms with Crippen molar-refractivity contribution in [3.8, 4) is 17.5 Å². The molecule has 2 aliphatic heterocycles. The molecule has 2 aliphatic rings. The van der Waals surface area contributed by atoms with Gasteiger partial charge in [-0.15, -0.1) is 0 Å². The van der Waals surface area contributed by atoms with E-state index < -0.39 is 12.1 Å². The van der Waals surface area contributed by atoms with Crippen LogP contribution in [0.15, 0.2) is 67.0 Å². The quantitative estimate of drug-likeness (QED) is 0.319. The standard InChI is InChI=1S/C29H30N6.C2HF3O2/c30-17-23-16-24(19-32-18-23)29-33-28-26(7-4-8-27(28)35(29)25-9-12-31-20-25)34-13-10-22(11-14-34)15-21-5-2-1-3-6-21;3-2(4,5)1(6)7/h1-8,16,18-19,22,25,31H,9-15,20H2;(H,6,7). The van der Waals surface area contributed by atoms with Crippen LogP contribution in [0.5, 0.6) is 0 Å². The normalized spacial score (nSPS) is 17.5. The van der Waals surface area contributed by atoms with Gasteiger partial charge >= 0.3 is 12.1 Å². The van der Waals surface area contributed by atoms with Crippen LogP contribution >= 0.6 is 0 Å². The van der Waals surface area contributed by atoms with E-state index in [1.54, 1.807) is 6.20 Å². The van der Waals surface area contributed by atoms with E-state index in [9.17, 15) is 18.4 Å². The first-order valence-corrected chi connectivity index (χ1v) is 13.9. The van der Waals surface area contributed by atoms with E-state index in [0.29, 0.717) is 11.6 Å². The van der Waals surface area contributed by atoms with E-state index in [-0.39, 0.29) is 0 Å². The Bertz CT molecular complexity index is 1570. The van der Waals surface area contributed by atoms with Gasteiger partial charge in [0, 0.05) is 43.6 Å². The molecule has 1 atom stereocenters. The highest BCUT2D eigenvalue weighted by atomic mass is 19.4. The number of aromatic nitrogens is 3. The Morgan fingerprint density at radius 1 is 1.07 bits per heavy atom. The van der Waals surface area contributed by atoms with Crippen LogP contribution in [-0.4, -0.2) is 58.0 Å². The van der Waals surface area contributed by atoms with Crippen molar-refractivity contribution in [2.75, 3.05) is 31.1 Å². The fourth-order valence-corrected chi connectivity index (χ4v) is 5.74. The van der Waals surface area contributed by atoms with Crippen LogP contribution in [0.2, 0.25) is 0 Å². The first kappa shape index (κ1) is 29.1. The minimum atomic E-state index is -5.08. The Morgan fingerprint density at radius 2 is 1.81 bits per heavy atom. The van der Waals surface area contributed by atoms with Crippen molar-refractivity contribution in [1.82, 2.24) is 19.9 Å². The minimum Gasteiger partial charge on any atom is -0.475 e. The number of nitrogens with zero attached hydrogens (tertiary/aromatic N) is 5. The number of benzene rings is 2. The second-order valence-corrected chi connectivity index (χ2v) is 10.6. The molecular weight excluding hydrogens is 545 g/mol. The van der Waals surface area contributed by atoms with Gasteiger partial charge in [0.1, 0.15) is 17.4 Å². The maximum atomic E-state index is 10.6. The third-order valence-electron chi connectivity index (χ3n) is 7.79. The largest absolute Gasteiger partial charge is 0.490 e. The molecule has 2 aromatic heterocycles. The molecule has 4 heterocycles. The predicted molar refractivity (Wildman–Crippen MR) is 153 cm³/mol. The van der Waals surface area contributed by atoms with Crippen molar-refractivity contribution < 1.29 is 23.1 Å². The number of fused-ring (bicyclic) bond motifs is 1. The molecule has 11 heteroatoms. The molecule has 2 N–H and O–H groups in total. The number of alkyl halides is 3. The molecule has 2 fully saturated rings. The summed E-state index contributed by atoms with van der Waals surface area (Å²) in [5, 5.41) is 20.1. The Morgan fingerprint density at radius 3 is 2.45 bits per heavy atom. The number of anilines is 1. The number of halogens is 3. The number of nitriles is 1. The topological polar surface area (TPSA) is 107 Å². The van der Waals surface area contributed by atoms with Gasteiger partial charge in [0.25, 0.3) is 0 Å². The number of carboxylic acids is 1. The van der Waals surface area contributed by atoms with Crippen molar-refractivity contribution in [1.29, 1.82) is 5.26 Å². The van der Waals surface area contributed by atoms with E-state index in [1.807, 2.05) is 12.3 Å². The molecule has 218 valence electrons. The zero-order valence-electron chi connectivity index (χ0n) is 22.9. The molecular formula is C31H31F3N6O2. The fraction of sp³-hybridized carbons (Fsp3) is 0.355. The van der Waals surface area contributed by atoms with E-state index in [1.165, 1.54) is 29.6 Å². The highest BCUT2D eigenvalue weighted by molar-refractivity contribution is 5.92. The van der Waals surface area contributed by atoms with Crippen LogP contribution in [-0.2, 0) is 11.2 Å². The van der Waals surface area contributed by atoms with E-state index in [0.717, 1.165) is 61.8 Å². The Hall–Kier alpha value is -4.43. The van der Waals surface area contributed by atoms with Crippen molar-refractivity contribution >= 4 is 22.7 Å². The monoisotopic (exact) mass is 576 g/mol. The van der Waals surface area contributed by atoms with Gasteiger partial charge in [0.2, 0.25) is 0 Å². The summed E-state index contributed by atoms with van der Waals surface area (Å²) in [5.74, 6) is -1.12. The van der Waals surface area contributed by atoms with Gasteiger partial charge in [-0.25, -0.2) is 9.78 Å². The second-order valence-electron chi connectivity index (χ2n) is 10.6. The average Bonchev–Trinajstić information content (AvgIpc) is 3.66. The average molecular weight is 577 g/mol. The molecule has 0 bridgehead atoms. The summed E-state index contributed by atoms with van der Waals surface area (Å²) in [6.45, 7) is 4.04. The lowest BCUT2D eigenvalue weighted by Crippen LogP contribution is -2.34. The number of nitrogens with one attached hydrogen (secondary N) is 1. The summed E-state index contributed by atoms with van der Waals surface area (Å²) in [6.07, 6.45) is 2.97. The van der Waals surface area contributed by atoms with Gasteiger partial charge < -0.3 is 19.9 Å².